The summed E-state index contributed by atoms with van der Waals surface area (Å²) in [5.74, 6) is -1.63. The number of rotatable bonds is 5. The van der Waals surface area contributed by atoms with Gasteiger partial charge in [-0.15, -0.1) is 0 Å². The molecule has 1 saturated heterocycles. The van der Waals surface area contributed by atoms with E-state index in [4.69, 9.17) is 5.11 Å². The molecule has 1 rings (SSSR count). The van der Waals surface area contributed by atoms with E-state index in [0.717, 1.165) is 12.8 Å². The molecule has 2 unspecified atom stereocenters. The molecule has 1 fully saturated rings. The maximum absolute atomic E-state index is 12.1. The lowest BCUT2D eigenvalue weighted by molar-refractivity contribution is -0.141. The number of nitrogens with zero attached hydrogens (tertiary/aromatic N) is 2. The second-order valence-corrected chi connectivity index (χ2v) is 5.78. The molecule has 2 atom stereocenters. The SMILES string of the molecule is CC(CCNC(=O)C1CCCN(C(=O)N(C)C)C1)C(=O)O. The Bertz CT molecular complexity index is 398. The third-order valence-electron chi connectivity index (χ3n) is 3.74. The molecule has 0 bridgehead atoms. The second-order valence-electron chi connectivity index (χ2n) is 5.78. The van der Waals surface area contributed by atoms with E-state index in [1.807, 2.05) is 0 Å². The Morgan fingerprint density at radius 1 is 1.38 bits per heavy atom. The van der Waals surface area contributed by atoms with Gasteiger partial charge in [-0.3, -0.25) is 9.59 Å². The first-order valence-corrected chi connectivity index (χ1v) is 7.29. The summed E-state index contributed by atoms with van der Waals surface area (Å²) in [6.45, 7) is 3.07. The van der Waals surface area contributed by atoms with Gasteiger partial charge in [-0.25, -0.2) is 4.79 Å². The van der Waals surface area contributed by atoms with Gasteiger partial charge in [-0.2, -0.15) is 0 Å². The monoisotopic (exact) mass is 299 g/mol. The lowest BCUT2D eigenvalue weighted by Crippen LogP contribution is -2.48. The van der Waals surface area contributed by atoms with Crippen LogP contribution in [-0.2, 0) is 9.59 Å². The van der Waals surface area contributed by atoms with Gasteiger partial charge in [0.15, 0.2) is 0 Å². The van der Waals surface area contributed by atoms with E-state index in [1.165, 1.54) is 4.90 Å². The van der Waals surface area contributed by atoms with Gasteiger partial charge in [-0.05, 0) is 19.3 Å². The molecule has 7 nitrogen and oxygen atoms in total. The number of piperidine rings is 1. The Labute approximate surface area is 125 Å². The summed E-state index contributed by atoms with van der Waals surface area (Å²) in [5.41, 5.74) is 0. The minimum Gasteiger partial charge on any atom is -0.481 e. The zero-order chi connectivity index (χ0) is 16.0. The smallest absolute Gasteiger partial charge is 0.319 e. The van der Waals surface area contributed by atoms with Crippen molar-refractivity contribution in [1.29, 1.82) is 0 Å². The number of nitrogens with one attached hydrogen (secondary N) is 1. The predicted octanol–water partition coefficient (Wildman–Crippen LogP) is 0.607. The third-order valence-corrected chi connectivity index (χ3v) is 3.74. The molecular formula is C14H25N3O4. The number of amides is 3. The Kier molecular flexibility index (Phi) is 6.45. The molecule has 2 N–H and O–H groups in total. The molecule has 0 spiro atoms. The van der Waals surface area contributed by atoms with Gasteiger partial charge in [0.2, 0.25) is 5.91 Å². The van der Waals surface area contributed by atoms with Gasteiger partial charge in [0.05, 0.1) is 11.8 Å². The van der Waals surface area contributed by atoms with Crippen LogP contribution in [0.4, 0.5) is 4.79 Å². The number of carboxylic acid groups (broad SMARTS) is 1. The minimum absolute atomic E-state index is 0.0769. The summed E-state index contributed by atoms with van der Waals surface area (Å²) < 4.78 is 0. The van der Waals surface area contributed by atoms with Crippen molar-refractivity contribution in [3.63, 3.8) is 0 Å². The lowest BCUT2D eigenvalue weighted by atomic mass is 9.97. The van der Waals surface area contributed by atoms with Crippen molar-refractivity contribution in [2.75, 3.05) is 33.7 Å². The Morgan fingerprint density at radius 3 is 2.62 bits per heavy atom. The molecule has 21 heavy (non-hydrogen) atoms. The zero-order valence-corrected chi connectivity index (χ0v) is 13.0. The summed E-state index contributed by atoms with van der Waals surface area (Å²) in [6.07, 6.45) is 1.98. The molecule has 0 aromatic rings. The van der Waals surface area contributed by atoms with Crippen LogP contribution >= 0.6 is 0 Å². The number of hydrogen-bond donors (Lipinski definition) is 2. The number of aliphatic carboxylic acids is 1. The molecule has 0 saturated carbocycles. The van der Waals surface area contributed by atoms with E-state index < -0.39 is 11.9 Å². The van der Waals surface area contributed by atoms with Crippen molar-refractivity contribution in [2.45, 2.75) is 26.2 Å². The number of carbonyl (C=O) groups excluding carboxylic acids is 2. The van der Waals surface area contributed by atoms with E-state index in [9.17, 15) is 14.4 Å². The molecule has 1 heterocycles. The summed E-state index contributed by atoms with van der Waals surface area (Å²) >= 11 is 0. The minimum atomic E-state index is -0.857. The average molecular weight is 299 g/mol. The molecule has 3 amide bonds. The Hall–Kier alpha value is -1.79. The average Bonchev–Trinajstić information content (AvgIpc) is 2.46. The van der Waals surface area contributed by atoms with Crippen molar-refractivity contribution in [3.8, 4) is 0 Å². The van der Waals surface area contributed by atoms with Gasteiger partial charge in [0, 0.05) is 33.7 Å². The van der Waals surface area contributed by atoms with Crippen LogP contribution in [0.1, 0.15) is 26.2 Å². The molecule has 0 aliphatic carbocycles. The lowest BCUT2D eigenvalue weighted by Gasteiger charge is -2.33. The number of likely N-dealkylation sites (tertiary alicyclic amines) is 1. The fourth-order valence-corrected chi connectivity index (χ4v) is 2.33. The molecule has 120 valence electrons. The summed E-state index contributed by atoms with van der Waals surface area (Å²) in [4.78, 5) is 37.9. The fraction of sp³-hybridized carbons (Fsp3) is 0.786. The zero-order valence-electron chi connectivity index (χ0n) is 13.0. The van der Waals surface area contributed by atoms with Gasteiger partial charge in [0.1, 0.15) is 0 Å². The van der Waals surface area contributed by atoms with Crippen LogP contribution in [0.15, 0.2) is 0 Å². The first-order chi connectivity index (χ1) is 9.82. The highest BCUT2D eigenvalue weighted by atomic mass is 16.4. The van der Waals surface area contributed by atoms with Gasteiger partial charge in [-0.1, -0.05) is 6.92 Å². The normalized spacial score (nSPS) is 19.8. The second kappa shape index (κ2) is 7.85. The molecule has 0 aromatic heterocycles. The van der Waals surface area contributed by atoms with Crippen molar-refractivity contribution < 1.29 is 19.5 Å². The van der Waals surface area contributed by atoms with Crippen LogP contribution in [0.25, 0.3) is 0 Å². The standard InChI is InChI=1S/C14H25N3O4/c1-10(13(19)20)6-7-15-12(18)11-5-4-8-17(9-11)14(21)16(2)3/h10-11H,4-9H2,1-3H3,(H,15,18)(H,19,20). The largest absolute Gasteiger partial charge is 0.481 e. The molecule has 1 aliphatic rings. The predicted molar refractivity (Wildman–Crippen MR) is 77.8 cm³/mol. The first kappa shape index (κ1) is 17.3. The van der Waals surface area contributed by atoms with Crippen LogP contribution < -0.4 is 5.32 Å². The van der Waals surface area contributed by atoms with Crippen LogP contribution in [0.3, 0.4) is 0 Å². The molecule has 0 aromatic carbocycles. The van der Waals surface area contributed by atoms with Gasteiger partial charge < -0.3 is 20.2 Å². The maximum atomic E-state index is 12.1. The highest BCUT2D eigenvalue weighted by molar-refractivity contribution is 5.80. The Balaban J connectivity index is 2.40. The van der Waals surface area contributed by atoms with Gasteiger partial charge >= 0.3 is 12.0 Å². The Morgan fingerprint density at radius 2 is 2.05 bits per heavy atom. The van der Waals surface area contributed by atoms with Crippen LogP contribution in [0.5, 0.6) is 0 Å². The van der Waals surface area contributed by atoms with Gasteiger partial charge in [0.25, 0.3) is 0 Å². The van der Waals surface area contributed by atoms with Crippen molar-refractivity contribution in [3.05, 3.63) is 0 Å². The van der Waals surface area contributed by atoms with E-state index >= 15 is 0 Å². The van der Waals surface area contributed by atoms with Crippen LogP contribution in [0.2, 0.25) is 0 Å². The van der Waals surface area contributed by atoms with Crippen molar-refractivity contribution in [2.24, 2.45) is 11.8 Å². The number of hydrogen-bond acceptors (Lipinski definition) is 3. The molecular weight excluding hydrogens is 274 g/mol. The summed E-state index contributed by atoms with van der Waals surface area (Å²) in [7, 11) is 3.39. The molecule has 1 aliphatic heterocycles. The first-order valence-electron chi connectivity index (χ1n) is 7.29. The molecule has 0 radical (unpaired) electrons. The van der Waals surface area contributed by atoms with E-state index in [2.05, 4.69) is 5.32 Å². The highest BCUT2D eigenvalue weighted by Crippen LogP contribution is 2.17. The third kappa shape index (κ3) is 5.24. The fourth-order valence-electron chi connectivity index (χ4n) is 2.33. The van der Waals surface area contributed by atoms with Crippen LogP contribution in [0, 0.1) is 11.8 Å². The van der Waals surface area contributed by atoms with E-state index in [0.29, 0.717) is 26.1 Å². The van der Waals surface area contributed by atoms with E-state index in [-0.39, 0.29) is 17.9 Å². The molecule has 7 heteroatoms. The van der Waals surface area contributed by atoms with E-state index in [1.54, 1.807) is 25.9 Å². The topological polar surface area (TPSA) is 90.0 Å². The quantitative estimate of drug-likeness (QED) is 0.778. The number of carboxylic acids is 1. The van der Waals surface area contributed by atoms with Crippen molar-refractivity contribution in [1.82, 2.24) is 15.1 Å². The summed E-state index contributed by atoms with van der Waals surface area (Å²) in [6, 6.07) is -0.0769. The number of urea groups is 1. The highest BCUT2D eigenvalue weighted by Gasteiger charge is 2.28. The maximum Gasteiger partial charge on any atom is 0.319 e. The number of carbonyl (C=O) groups is 3. The van der Waals surface area contributed by atoms with Crippen LogP contribution in [-0.4, -0.2) is 66.5 Å². The van der Waals surface area contributed by atoms with Crippen molar-refractivity contribution >= 4 is 17.9 Å². The summed E-state index contributed by atoms with van der Waals surface area (Å²) in [5, 5.41) is 11.6.